The van der Waals surface area contributed by atoms with Crippen LogP contribution in [0, 0.1) is 11.8 Å². The van der Waals surface area contributed by atoms with Crippen LogP contribution >= 0.6 is 0 Å². The van der Waals surface area contributed by atoms with Gasteiger partial charge in [0.2, 0.25) is 0 Å². The summed E-state index contributed by atoms with van der Waals surface area (Å²) in [5.41, 5.74) is 0. The lowest BCUT2D eigenvalue weighted by atomic mass is 9.88. The van der Waals surface area contributed by atoms with Crippen molar-refractivity contribution in [2.24, 2.45) is 11.8 Å². The highest BCUT2D eigenvalue weighted by molar-refractivity contribution is 5.52. The van der Waals surface area contributed by atoms with E-state index < -0.39 is 0 Å². The van der Waals surface area contributed by atoms with Crippen LogP contribution in [0.3, 0.4) is 0 Å². The van der Waals surface area contributed by atoms with Crippen LogP contribution in [-0.2, 0) is 4.79 Å². The monoisotopic (exact) mass is 290 g/mol. The van der Waals surface area contributed by atoms with Gasteiger partial charge in [-0.25, -0.2) is 0 Å². The Hall–Kier alpha value is -0.850. The molecule has 0 aliphatic heterocycles. The summed E-state index contributed by atoms with van der Waals surface area (Å²) in [5.74, 6) is 1.89. The smallest absolute Gasteiger partial charge is 0.123 e. The number of hydrogen-bond donors (Lipinski definition) is 0. The van der Waals surface area contributed by atoms with Crippen molar-refractivity contribution in [1.82, 2.24) is 0 Å². The minimum Gasteiger partial charge on any atom is -0.303 e. The van der Waals surface area contributed by atoms with E-state index in [1.807, 2.05) is 12.2 Å². The van der Waals surface area contributed by atoms with Crippen molar-refractivity contribution in [3.63, 3.8) is 0 Å². The normalized spacial score (nSPS) is 22.5. The molecule has 0 N–H and O–H groups in total. The van der Waals surface area contributed by atoms with Gasteiger partial charge in [-0.05, 0) is 24.7 Å². The van der Waals surface area contributed by atoms with E-state index in [0.29, 0.717) is 6.42 Å². The Morgan fingerprint density at radius 3 is 2.43 bits per heavy atom. The van der Waals surface area contributed by atoms with Gasteiger partial charge in [0.15, 0.2) is 0 Å². The zero-order valence-electron chi connectivity index (χ0n) is 13.9. The molecule has 0 aromatic heterocycles. The molecule has 0 unspecified atom stereocenters. The highest BCUT2D eigenvalue weighted by Crippen LogP contribution is 2.37. The summed E-state index contributed by atoms with van der Waals surface area (Å²) in [5, 5.41) is 0. The van der Waals surface area contributed by atoms with Crippen LogP contribution in [0.2, 0.25) is 0 Å². The summed E-state index contributed by atoms with van der Waals surface area (Å²) >= 11 is 0. The van der Waals surface area contributed by atoms with Gasteiger partial charge in [0, 0.05) is 6.42 Å². The molecule has 1 saturated carbocycles. The van der Waals surface area contributed by atoms with Crippen molar-refractivity contribution >= 4 is 6.29 Å². The number of rotatable bonds is 12. The number of unbranched alkanes of at least 4 members (excludes halogenated alkanes) is 5. The van der Waals surface area contributed by atoms with Gasteiger partial charge in [0.25, 0.3) is 0 Å². The van der Waals surface area contributed by atoms with E-state index in [4.69, 9.17) is 0 Å². The van der Waals surface area contributed by atoms with Gasteiger partial charge in [0.1, 0.15) is 6.29 Å². The summed E-state index contributed by atoms with van der Waals surface area (Å²) in [6, 6.07) is 0. The van der Waals surface area contributed by atoms with Crippen molar-refractivity contribution in [3.8, 4) is 0 Å². The summed E-state index contributed by atoms with van der Waals surface area (Å²) in [6.45, 7) is 2.28. The summed E-state index contributed by atoms with van der Waals surface area (Å²) < 4.78 is 0. The van der Waals surface area contributed by atoms with Crippen LogP contribution in [0.15, 0.2) is 24.3 Å². The number of carbonyl (C=O) groups excluding carboxylic acids is 1. The second-order valence-electron chi connectivity index (χ2n) is 6.50. The molecule has 1 nitrogen and oxygen atoms in total. The highest BCUT2D eigenvalue weighted by atomic mass is 16.1. The fraction of sp³-hybridized carbons (Fsp3) is 0.750. The predicted molar refractivity (Wildman–Crippen MR) is 92.4 cm³/mol. The van der Waals surface area contributed by atoms with Crippen LogP contribution in [0.25, 0.3) is 0 Å². The number of hydrogen-bond acceptors (Lipinski definition) is 1. The Bertz CT molecular complexity index is 303. The Kier molecular flexibility index (Phi) is 11.1. The van der Waals surface area contributed by atoms with Crippen molar-refractivity contribution in [2.45, 2.75) is 84.0 Å². The predicted octanol–water partition coefficient (Wildman–Crippen LogP) is 6.24. The largest absolute Gasteiger partial charge is 0.303 e. The first-order valence-electron chi connectivity index (χ1n) is 9.13. The average molecular weight is 290 g/mol. The van der Waals surface area contributed by atoms with E-state index in [0.717, 1.165) is 18.1 Å². The van der Waals surface area contributed by atoms with Gasteiger partial charge < -0.3 is 4.79 Å². The second-order valence-corrected chi connectivity index (χ2v) is 6.50. The first-order chi connectivity index (χ1) is 10.4. The first-order valence-corrected chi connectivity index (χ1v) is 9.13. The zero-order chi connectivity index (χ0) is 15.2. The Balaban J connectivity index is 2.11. The van der Waals surface area contributed by atoms with Crippen LogP contribution in [0.4, 0.5) is 0 Å². The minimum absolute atomic E-state index is 0.536. The quantitative estimate of drug-likeness (QED) is 0.236. The highest BCUT2D eigenvalue weighted by Gasteiger charge is 2.25. The molecule has 1 rings (SSSR count). The van der Waals surface area contributed by atoms with Gasteiger partial charge in [-0.15, -0.1) is 0 Å². The molecule has 1 aliphatic rings. The lowest BCUT2D eigenvalue weighted by Crippen LogP contribution is -2.06. The Labute approximate surface area is 131 Å². The van der Waals surface area contributed by atoms with Crippen molar-refractivity contribution in [2.75, 3.05) is 0 Å². The maximum atomic E-state index is 10.2. The molecule has 120 valence electrons. The third-order valence-corrected chi connectivity index (χ3v) is 4.80. The first kappa shape index (κ1) is 18.2. The molecule has 0 amide bonds. The molecule has 0 aromatic carbocycles. The van der Waals surface area contributed by atoms with Gasteiger partial charge in [-0.3, -0.25) is 0 Å². The molecular weight excluding hydrogens is 256 g/mol. The summed E-state index contributed by atoms with van der Waals surface area (Å²) in [4.78, 5) is 10.2. The second kappa shape index (κ2) is 12.9. The number of carbonyl (C=O) groups is 1. The van der Waals surface area contributed by atoms with E-state index in [9.17, 15) is 4.79 Å². The standard InChI is InChI=1S/C20H34O/c1-2-3-4-5-7-10-14-19-16-13-17-20(19)15-11-8-6-9-12-18-21/h6,8-9,11,18-20H,2-5,7,10,12-17H2,1H3/t19-,20-/m0/s1. The molecule has 0 bridgehead atoms. The van der Waals surface area contributed by atoms with Crippen LogP contribution in [0.5, 0.6) is 0 Å². The fourth-order valence-electron chi connectivity index (χ4n) is 3.54. The van der Waals surface area contributed by atoms with Gasteiger partial charge >= 0.3 is 0 Å². The Morgan fingerprint density at radius 2 is 1.62 bits per heavy atom. The van der Waals surface area contributed by atoms with E-state index in [2.05, 4.69) is 19.1 Å². The Morgan fingerprint density at radius 1 is 0.905 bits per heavy atom. The lowest BCUT2D eigenvalue weighted by Gasteiger charge is -2.17. The van der Waals surface area contributed by atoms with E-state index >= 15 is 0 Å². The molecule has 0 radical (unpaired) electrons. The van der Waals surface area contributed by atoms with Crippen LogP contribution in [-0.4, -0.2) is 6.29 Å². The van der Waals surface area contributed by atoms with E-state index in [-0.39, 0.29) is 0 Å². The third-order valence-electron chi connectivity index (χ3n) is 4.80. The van der Waals surface area contributed by atoms with Gasteiger partial charge in [0.05, 0.1) is 0 Å². The van der Waals surface area contributed by atoms with Gasteiger partial charge in [-0.1, -0.05) is 89.0 Å². The summed E-state index contributed by atoms with van der Waals surface area (Å²) in [7, 11) is 0. The molecule has 1 aliphatic carbocycles. The van der Waals surface area contributed by atoms with Crippen molar-refractivity contribution < 1.29 is 4.79 Å². The molecule has 2 atom stereocenters. The number of allylic oxidation sites excluding steroid dienone is 4. The maximum absolute atomic E-state index is 10.2. The molecule has 0 heterocycles. The molecule has 0 saturated heterocycles. The van der Waals surface area contributed by atoms with Crippen molar-refractivity contribution in [1.29, 1.82) is 0 Å². The average Bonchev–Trinajstić information content (AvgIpc) is 2.94. The summed E-state index contributed by atoms with van der Waals surface area (Å²) in [6.07, 6.45) is 25.3. The maximum Gasteiger partial charge on any atom is 0.123 e. The van der Waals surface area contributed by atoms with E-state index in [1.54, 1.807) is 0 Å². The minimum atomic E-state index is 0.536. The lowest BCUT2D eigenvalue weighted by molar-refractivity contribution is -0.107. The third kappa shape index (κ3) is 8.90. The molecule has 1 fully saturated rings. The molecule has 0 aromatic rings. The topological polar surface area (TPSA) is 17.1 Å². The molecular formula is C20H34O. The van der Waals surface area contributed by atoms with E-state index in [1.165, 1.54) is 70.6 Å². The van der Waals surface area contributed by atoms with Crippen LogP contribution in [0.1, 0.15) is 84.0 Å². The molecule has 1 heteroatoms. The van der Waals surface area contributed by atoms with Gasteiger partial charge in [-0.2, -0.15) is 0 Å². The SMILES string of the molecule is CCCCCCCC[C@H]1CCC[C@@H]1CC=CC=CCC=O. The van der Waals surface area contributed by atoms with Crippen molar-refractivity contribution in [3.05, 3.63) is 24.3 Å². The molecule has 21 heavy (non-hydrogen) atoms. The zero-order valence-corrected chi connectivity index (χ0v) is 13.9. The number of aldehydes is 1. The fourth-order valence-corrected chi connectivity index (χ4v) is 3.54. The molecule has 0 spiro atoms. The van der Waals surface area contributed by atoms with Crippen LogP contribution < -0.4 is 0 Å².